The summed E-state index contributed by atoms with van der Waals surface area (Å²) in [5, 5.41) is 6.82. The number of hydrogen-bond donors (Lipinski definition) is 2. The summed E-state index contributed by atoms with van der Waals surface area (Å²) in [7, 11) is 4.88. The van der Waals surface area contributed by atoms with Gasteiger partial charge in [0.05, 0.1) is 0 Å². The molecule has 0 saturated carbocycles. The first-order valence-electron chi connectivity index (χ1n) is 9.41. The topological polar surface area (TPSA) is 79.4 Å². The molecular weight excluding hydrogens is 396 g/mol. The Kier molecular flexibility index (Phi) is 11.9. The van der Waals surface area contributed by atoms with Gasteiger partial charge in [-0.1, -0.05) is 0 Å². The van der Waals surface area contributed by atoms with E-state index in [1.54, 1.807) is 42.7 Å². The molecule has 8 nitrogen and oxygen atoms in total. The molecule has 0 bridgehead atoms. The molecule has 2 N–H and O–H groups in total. The first kappa shape index (κ1) is 25.1. The Hall–Kier alpha value is -0.986. The number of rotatable bonds is 16. The number of anilines is 2. The molecule has 10 heteroatoms. The van der Waals surface area contributed by atoms with Crippen molar-refractivity contribution in [1.29, 1.82) is 0 Å². The van der Waals surface area contributed by atoms with E-state index in [4.69, 9.17) is 26.6 Å². The minimum Gasteiger partial charge on any atom is -0.385 e. The van der Waals surface area contributed by atoms with Crippen molar-refractivity contribution in [1.82, 2.24) is 0 Å². The lowest BCUT2D eigenvalue weighted by Crippen LogP contribution is -2.42. The highest BCUT2D eigenvalue weighted by molar-refractivity contribution is 6.60. The van der Waals surface area contributed by atoms with Gasteiger partial charge in [0.1, 0.15) is 0 Å². The predicted molar refractivity (Wildman–Crippen MR) is 116 cm³/mol. The summed E-state index contributed by atoms with van der Waals surface area (Å²) in [6, 6.07) is 9.81. The van der Waals surface area contributed by atoms with Crippen molar-refractivity contribution >= 4 is 29.0 Å². The van der Waals surface area contributed by atoms with Crippen LogP contribution in [0.5, 0.6) is 0 Å². The van der Waals surface area contributed by atoms with Gasteiger partial charge in [-0.25, -0.2) is 0 Å². The summed E-state index contributed by atoms with van der Waals surface area (Å²) in [4.78, 5) is 0. The van der Waals surface area contributed by atoms with E-state index in [0.717, 1.165) is 49.4 Å². The predicted octanol–water partition coefficient (Wildman–Crippen LogP) is 3.05. The lowest BCUT2D eigenvalue weighted by atomic mass is 10.2. The van der Waals surface area contributed by atoms with Crippen LogP contribution in [-0.4, -0.2) is 73.4 Å². The molecule has 0 amide bonds. The number of nitrogens with one attached hydrogen (secondary N) is 2. The second-order valence-electron chi connectivity index (χ2n) is 6.23. The van der Waals surface area contributed by atoms with Crippen LogP contribution in [0.3, 0.4) is 0 Å². The van der Waals surface area contributed by atoms with Gasteiger partial charge in [-0.2, -0.15) is 0 Å². The zero-order valence-corrected chi connectivity index (χ0v) is 20.0. The maximum atomic E-state index is 5.43. The van der Waals surface area contributed by atoms with E-state index >= 15 is 0 Å². The standard InChI is InChI=1S/C18H36N2O6Si2/c1-21-27(22-2,23-3)15-7-13-19-17-9-11-18(12-10-17)20-14-8-16-28(24-4,25-5)26-6/h9-12,19-20H,7-8,13-16H2,1-6H3. The van der Waals surface area contributed by atoms with Crippen LogP contribution in [0.1, 0.15) is 12.8 Å². The van der Waals surface area contributed by atoms with Gasteiger partial charge in [-0.3, -0.25) is 0 Å². The van der Waals surface area contributed by atoms with Gasteiger partial charge in [0.2, 0.25) is 0 Å². The van der Waals surface area contributed by atoms with E-state index < -0.39 is 17.6 Å². The molecule has 0 fully saturated rings. The molecule has 0 heterocycles. The maximum absolute atomic E-state index is 5.43. The van der Waals surface area contributed by atoms with Crippen molar-refractivity contribution in [3.8, 4) is 0 Å². The van der Waals surface area contributed by atoms with E-state index in [9.17, 15) is 0 Å². The zero-order valence-electron chi connectivity index (χ0n) is 18.0. The molecular formula is C18H36N2O6Si2. The van der Waals surface area contributed by atoms with Crippen LogP contribution in [0, 0.1) is 0 Å². The smallest absolute Gasteiger partial charge is 0.385 e. The number of hydrogen-bond acceptors (Lipinski definition) is 8. The van der Waals surface area contributed by atoms with E-state index in [-0.39, 0.29) is 0 Å². The van der Waals surface area contributed by atoms with Gasteiger partial charge in [0.25, 0.3) is 0 Å². The van der Waals surface area contributed by atoms with Crippen molar-refractivity contribution in [3.05, 3.63) is 24.3 Å². The van der Waals surface area contributed by atoms with Crippen LogP contribution in [0.4, 0.5) is 11.4 Å². The maximum Gasteiger partial charge on any atom is 0.500 e. The van der Waals surface area contributed by atoms with E-state index in [1.807, 2.05) is 0 Å². The molecule has 28 heavy (non-hydrogen) atoms. The molecule has 1 rings (SSSR count). The number of benzene rings is 1. The summed E-state index contributed by atoms with van der Waals surface area (Å²) in [5.41, 5.74) is 2.16. The molecule has 0 unspecified atom stereocenters. The third-order valence-corrected chi connectivity index (χ3v) is 10.4. The average molecular weight is 433 g/mol. The Labute approximate surface area is 171 Å². The van der Waals surface area contributed by atoms with Crippen LogP contribution in [0.2, 0.25) is 12.1 Å². The Morgan fingerprint density at radius 3 is 1.11 bits per heavy atom. The van der Waals surface area contributed by atoms with E-state index in [1.165, 1.54) is 0 Å². The molecule has 0 radical (unpaired) electrons. The Morgan fingerprint density at radius 2 is 0.857 bits per heavy atom. The first-order chi connectivity index (χ1) is 13.5. The van der Waals surface area contributed by atoms with Gasteiger partial charge in [-0.15, -0.1) is 0 Å². The minimum absolute atomic E-state index is 0.776. The Balaban J connectivity index is 2.32. The molecule has 1 aromatic rings. The van der Waals surface area contributed by atoms with Crippen molar-refractivity contribution in [3.63, 3.8) is 0 Å². The molecule has 0 aliphatic heterocycles. The highest BCUT2D eigenvalue weighted by Crippen LogP contribution is 2.18. The fraction of sp³-hybridized carbons (Fsp3) is 0.667. The van der Waals surface area contributed by atoms with Crippen LogP contribution in [-0.2, 0) is 26.6 Å². The molecule has 0 aromatic heterocycles. The quantitative estimate of drug-likeness (QED) is 0.305. The molecule has 0 aliphatic carbocycles. The Bertz CT molecular complexity index is 464. The van der Waals surface area contributed by atoms with E-state index in [2.05, 4.69) is 34.9 Å². The van der Waals surface area contributed by atoms with Gasteiger partial charge < -0.3 is 37.2 Å². The van der Waals surface area contributed by atoms with Crippen LogP contribution in [0.15, 0.2) is 24.3 Å². The van der Waals surface area contributed by atoms with Gasteiger partial charge >= 0.3 is 17.6 Å². The average Bonchev–Trinajstić information content (AvgIpc) is 2.76. The van der Waals surface area contributed by atoms with Crippen LogP contribution < -0.4 is 10.6 Å². The fourth-order valence-electron chi connectivity index (χ4n) is 2.89. The Morgan fingerprint density at radius 1 is 0.571 bits per heavy atom. The largest absolute Gasteiger partial charge is 0.500 e. The molecule has 1 aromatic carbocycles. The van der Waals surface area contributed by atoms with Crippen LogP contribution >= 0.6 is 0 Å². The highest BCUT2D eigenvalue weighted by atomic mass is 28.4. The normalized spacial score (nSPS) is 12.2. The van der Waals surface area contributed by atoms with Crippen molar-refractivity contribution in [2.24, 2.45) is 0 Å². The zero-order chi connectivity index (χ0) is 20.9. The minimum atomic E-state index is -2.48. The SMILES string of the molecule is CO[Si](CCCNc1ccc(NCCC[Si](OC)(OC)OC)cc1)(OC)OC. The van der Waals surface area contributed by atoms with Gasteiger partial charge in [0.15, 0.2) is 0 Å². The highest BCUT2D eigenvalue weighted by Gasteiger charge is 2.37. The first-order valence-corrected chi connectivity index (χ1v) is 13.3. The second kappa shape index (κ2) is 13.3. The summed E-state index contributed by atoms with van der Waals surface area (Å²) in [5.74, 6) is 0. The summed E-state index contributed by atoms with van der Waals surface area (Å²) in [6.45, 7) is 1.66. The summed E-state index contributed by atoms with van der Waals surface area (Å²) < 4.78 is 32.6. The molecule has 0 saturated heterocycles. The summed E-state index contributed by atoms with van der Waals surface area (Å²) >= 11 is 0. The van der Waals surface area contributed by atoms with Gasteiger partial charge in [0, 0.05) is 79.2 Å². The third-order valence-electron chi connectivity index (χ3n) is 4.73. The molecule has 0 atom stereocenters. The van der Waals surface area contributed by atoms with Crippen molar-refractivity contribution in [2.45, 2.75) is 24.9 Å². The molecule has 0 spiro atoms. The summed E-state index contributed by atoms with van der Waals surface area (Å²) in [6.07, 6.45) is 1.82. The lowest BCUT2D eigenvalue weighted by molar-refractivity contribution is 0.122. The van der Waals surface area contributed by atoms with Crippen LogP contribution in [0.25, 0.3) is 0 Å². The van der Waals surface area contributed by atoms with Crippen molar-refractivity contribution in [2.75, 3.05) is 66.4 Å². The second-order valence-corrected chi connectivity index (χ2v) is 12.4. The molecule has 162 valence electrons. The monoisotopic (exact) mass is 432 g/mol. The van der Waals surface area contributed by atoms with E-state index in [0.29, 0.717) is 0 Å². The van der Waals surface area contributed by atoms with Gasteiger partial charge in [-0.05, 0) is 37.1 Å². The third kappa shape index (κ3) is 7.80. The lowest BCUT2D eigenvalue weighted by Gasteiger charge is -2.24. The molecule has 0 aliphatic rings. The van der Waals surface area contributed by atoms with Crippen molar-refractivity contribution < 1.29 is 26.6 Å². The fourth-order valence-corrected chi connectivity index (χ4v) is 6.34.